The van der Waals surface area contributed by atoms with Gasteiger partial charge in [-0.25, -0.2) is 0 Å². The minimum absolute atomic E-state index is 0. The standard InChI is InChI=1S/C13H20N.BrH.Mg/c1-5-14(6-2)13-9-7-8-12(10-13)11(3)4;;/h7-8,10-11H,5-6H2,1-4H3;1H;/q-1;;+2/p-1. The van der Waals surface area contributed by atoms with E-state index in [1.54, 1.807) is 0 Å². The minimum Gasteiger partial charge on any atom is -1.00 e. The van der Waals surface area contributed by atoms with Crippen LogP contribution < -0.4 is 21.9 Å². The van der Waals surface area contributed by atoms with Crippen LogP contribution in [-0.2, 0) is 0 Å². The van der Waals surface area contributed by atoms with Crippen LogP contribution in [0.4, 0.5) is 5.69 Å². The minimum atomic E-state index is 0. The third-order valence-corrected chi connectivity index (χ3v) is 2.58. The number of rotatable bonds is 4. The van der Waals surface area contributed by atoms with Crippen LogP contribution in [0.5, 0.6) is 0 Å². The molecule has 0 saturated heterocycles. The molecule has 0 aliphatic heterocycles. The third kappa shape index (κ3) is 5.06. The maximum Gasteiger partial charge on any atom is 2.00 e. The van der Waals surface area contributed by atoms with Gasteiger partial charge in [-0.15, -0.1) is 6.07 Å². The Labute approximate surface area is 127 Å². The van der Waals surface area contributed by atoms with Crippen molar-refractivity contribution in [2.45, 2.75) is 33.6 Å². The average molecular weight is 295 g/mol. The molecule has 0 amide bonds. The van der Waals surface area contributed by atoms with Gasteiger partial charge < -0.3 is 21.9 Å². The number of benzene rings is 1. The van der Waals surface area contributed by atoms with E-state index in [2.05, 4.69) is 50.8 Å². The van der Waals surface area contributed by atoms with Crippen molar-refractivity contribution >= 4 is 28.7 Å². The van der Waals surface area contributed by atoms with E-state index in [0.717, 1.165) is 13.1 Å². The predicted molar refractivity (Wildman–Crippen MR) is 68.7 cm³/mol. The van der Waals surface area contributed by atoms with Crippen LogP contribution in [0.1, 0.15) is 39.2 Å². The fourth-order valence-corrected chi connectivity index (χ4v) is 1.58. The first kappa shape index (κ1) is 18.6. The molecule has 0 N–H and O–H groups in total. The summed E-state index contributed by atoms with van der Waals surface area (Å²) in [5.74, 6) is 0.596. The molecule has 0 spiro atoms. The summed E-state index contributed by atoms with van der Waals surface area (Å²) in [6.07, 6.45) is 0. The van der Waals surface area contributed by atoms with Gasteiger partial charge >= 0.3 is 23.1 Å². The molecule has 0 unspecified atom stereocenters. The number of hydrogen-bond acceptors (Lipinski definition) is 1. The molecule has 1 nitrogen and oxygen atoms in total. The fraction of sp³-hybridized carbons (Fsp3) is 0.538. The van der Waals surface area contributed by atoms with Gasteiger partial charge in [-0.2, -0.15) is 23.8 Å². The molecule has 0 bridgehead atoms. The molecule has 16 heavy (non-hydrogen) atoms. The van der Waals surface area contributed by atoms with Gasteiger partial charge in [0.25, 0.3) is 0 Å². The summed E-state index contributed by atoms with van der Waals surface area (Å²) in [4.78, 5) is 2.33. The molecule has 86 valence electrons. The van der Waals surface area contributed by atoms with Crippen molar-refractivity contribution in [1.29, 1.82) is 0 Å². The second-order valence-corrected chi connectivity index (χ2v) is 3.83. The monoisotopic (exact) mass is 293 g/mol. The summed E-state index contributed by atoms with van der Waals surface area (Å²) in [5.41, 5.74) is 2.62. The summed E-state index contributed by atoms with van der Waals surface area (Å²) >= 11 is 0. The Kier molecular flexibility index (Phi) is 10.8. The molecule has 1 aromatic rings. The van der Waals surface area contributed by atoms with Crippen molar-refractivity contribution in [2.75, 3.05) is 18.0 Å². The van der Waals surface area contributed by atoms with E-state index in [9.17, 15) is 0 Å². The van der Waals surface area contributed by atoms with E-state index in [1.165, 1.54) is 11.3 Å². The van der Waals surface area contributed by atoms with Crippen molar-refractivity contribution < 1.29 is 17.0 Å². The Morgan fingerprint density at radius 3 is 2.25 bits per heavy atom. The Morgan fingerprint density at radius 2 is 1.81 bits per heavy atom. The topological polar surface area (TPSA) is 3.24 Å². The van der Waals surface area contributed by atoms with Crippen LogP contribution >= 0.6 is 0 Å². The van der Waals surface area contributed by atoms with Gasteiger partial charge in [0.05, 0.1) is 0 Å². The summed E-state index contributed by atoms with van der Waals surface area (Å²) in [6.45, 7) is 10.9. The maximum atomic E-state index is 3.29. The van der Waals surface area contributed by atoms with Gasteiger partial charge in [0.15, 0.2) is 0 Å². The molecule has 0 fully saturated rings. The largest absolute Gasteiger partial charge is 2.00 e. The first-order chi connectivity index (χ1) is 6.69. The first-order valence-electron chi connectivity index (χ1n) is 5.45. The van der Waals surface area contributed by atoms with Crippen LogP contribution in [0, 0.1) is 6.07 Å². The van der Waals surface area contributed by atoms with Gasteiger partial charge in [0.1, 0.15) is 0 Å². The molecule has 0 radical (unpaired) electrons. The molecule has 0 atom stereocenters. The van der Waals surface area contributed by atoms with Crippen LogP contribution in [0.25, 0.3) is 0 Å². The van der Waals surface area contributed by atoms with Gasteiger partial charge in [0, 0.05) is 13.1 Å². The van der Waals surface area contributed by atoms with Crippen molar-refractivity contribution in [3.05, 3.63) is 29.8 Å². The van der Waals surface area contributed by atoms with Gasteiger partial charge in [-0.1, -0.05) is 19.5 Å². The van der Waals surface area contributed by atoms with Gasteiger partial charge in [-0.3, -0.25) is 0 Å². The molecule has 0 heterocycles. The summed E-state index contributed by atoms with van der Waals surface area (Å²) in [6, 6.07) is 9.72. The van der Waals surface area contributed by atoms with E-state index in [-0.39, 0.29) is 40.0 Å². The Morgan fingerprint density at radius 1 is 1.25 bits per heavy atom. The molecule has 1 rings (SSSR count). The summed E-state index contributed by atoms with van der Waals surface area (Å²) in [7, 11) is 0. The first-order valence-corrected chi connectivity index (χ1v) is 5.45. The molecule has 0 aliphatic rings. The van der Waals surface area contributed by atoms with Crippen molar-refractivity contribution in [1.82, 2.24) is 0 Å². The quantitative estimate of drug-likeness (QED) is 0.562. The van der Waals surface area contributed by atoms with Crippen LogP contribution in [0.2, 0.25) is 0 Å². The normalized spacial score (nSPS) is 9.31. The molecular weight excluding hydrogens is 274 g/mol. The van der Waals surface area contributed by atoms with Crippen molar-refractivity contribution in [3.63, 3.8) is 0 Å². The Balaban J connectivity index is 0. The zero-order chi connectivity index (χ0) is 10.6. The summed E-state index contributed by atoms with van der Waals surface area (Å²) in [5, 5.41) is 0. The second-order valence-electron chi connectivity index (χ2n) is 3.83. The zero-order valence-corrected chi connectivity index (χ0v) is 13.8. The third-order valence-electron chi connectivity index (χ3n) is 2.58. The molecular formula is C13H20BrMgN. The van der Waals surface area contributed by atoms with E-state index in [4.69, 9.17) is 0 Å². The smallest absolute Gasteiger partial charge is 1.00 e. The summed E-state index contributed by atoms with van der Waals surface area (Å²) < 4.78 is 0. The van der Waals surface area contributed by atoms with Crippen LogP contribution in [0.3, 0.4) is 0 Å². The van der Waals surface area contributed by atoms with E-state index in [0.29, 0.717) is 5.92 Å². The second kappa shape index (κ2) is 9.31. The number of halogens is 1. The van der Waals surface area contributed by atoms with Crippen LogP contribution in [-0.4, -0.2) is 36.1 Å². The van der Waals surface area contributed by atoms with Gasteiger partial charge in [0.2, 0.25) is 0 Å². The SMILES string of the molecule is CCN(CC)c1[c-]ccc(C(C)C)c1.[Br-].[Mg+2]. The Hall–Kier alpha value is 0.266. The molecule has 0 aliphatic carbocycles. The van der Waals surface area contributed by atoms with Crippen LogP contribution in [0.15, 0.2) is 18.2 Å². The molecule has 1 aromatic carbocycles. The van der Waals surface area contributed by atoms with E-state index in [1.807, 2.05) is 6.07 Å². The van der Waals surface area contributed by atoms with Gasteiger partial charge in [-0.05, 0) is 19.8 Å². The van der Waals surface area contributed by atoms with Crippen molar-refractivity contribution in [3.8, 4) is 0 Å². The fourth-order valence-electron chi connectivity index (χ4n) is 1.58. The number of anilines is 1. The average Bonchev–Trinajstić information content (AvgIpc) is 2.20. The van der Waals surface area contributed by atoms with E-state index >= 15 is 0 Å². The number of nitrogens with zero attached hydrogens (tertiary/aromatic N) is 1. The Bertz CT molecular complexity index is 285. The number of hydrogen-bond donors (Lipinski definition) is 0. The van der Waals surface area contributed by atoms with Crippen molar-refractivity contribution in [2.24, 2.45) is 0 Å². The molecule has 0 saturated carbocycles. The van der Waals surface area contributed by atoms with E-state index < -0.39 is 0 Å². The zero-order valence-electron chi connectivity index (χ0n) is 10.8. The predicted octanol–water partition coefficient (Wildman–Crippen LogP) is 0.0796. The molecule has 3 heteroatoms. The molecule has 0 aromatic heterocycles. The maximum absolute atomic E-state index is 3.29.